The molecular formula is C10H7Cl2NO3. The number of nitrogens with one attached hydrogen (secondary N) is 1. The maximum Gasteiger partial charge on any atom is 0.337 e. The van der Waals surface area contributed by atoms with Crippen molar-refractivity contribution in [3.63, 3.8) is 0 Å². The number of hydrogen-bond donors (Lipinski definition) is 2. The molecule has 0 aromatic heterocycles. The second-order valence-corrected chi connectivity index (χ2v) is 3.65. The SMILES string of the molecule is C=CC(=O)Nc1c(Cl)cc(Cl)cc1C(=O)O. The van der Waals surface area contributed by atoms with E-state index in [4.69, 9.17) is 28.3 Å². The van der Waals surface area contributed by atoms with Gasteiger partial charge in [0.25, 0.3) is 0 Å². The third-order valence-electron chi connectivity index (χ3n) is 1.72. The first kappa shape index (κ1) is 12.5. The van der Waals surface area contributed by atoms with Crippen LogP contribution < -0.4 is 5.32 Å². The lowest BCUT2D eigenvalue weighted by atomic mass is 10.1. The van der Waals surface area contributed by atoms with Gasteiger partial charge < -0.3 is 10.4 Å². The fourth-order valence-electron chi connectivity index (χ4n) is 1.04. The number of carboxylic acids is 1. The summed E-state index contributed by atoms with van der Waals surface area (Å²) in [5.41, 5.74) is -0.170. The molecule has 0 aliphatic carbocycles. The van der Waals surface area contributed by atoms with E-state index in [1.165, 1.54) is 12.1 Å². The predicted octanol–water partition coefficient (Wildman–Crippen LogP) is 2.82. The van der Waals surface area contributed by atoms with Crippen molar-refractivity contribution in [2.24, 2.45) is 0 Å². The average molecular weight is 260 g/mol. The van der Waals surface area contributed by atoms with E-state index in [0.717, 1.165) is 6.08 Å². The summed E-state index contributed by atoms with van der Waals surface area (Å²) in [6.45, 7) is 3.25. The van der Waals surface area contributed by atoms with Crippen LogP contribution in [0.4, 0.5) is 5.69 Å². The number of halogens is 2. The minimum atomic E-state index is -1.23. The number of carbonyl (C=O) groups excluding carboxylic acids is 1. The summed E-state index contributed by atoms with van der Waals surface area (Å²) in [7, 11) is 0. The van der Waals surface area contributed by atoms with Crippen molar-refractivity contribution in [3.05, 3.63) is 40.4 Å². The third-order valence-corrected chi connectivity index (χ3v) is 2.24. The number of aromatic carboxylic acids is 1. The summed E-state index contributed by atoms with van der Waals surface area (Å²) in [5.74, 6) is -1.78. The highest BCUT2D eigenvalue weighted by molar-refractivity contribution is 6.37. The Morgan fingerprint density at radius 2 is 2.00 bits per heavy atom. The Bertz CT molecular complexity index is 471. The number of hydrogen-bond acceptors (Lipinski definition) is 2. The van der Waals surface area contributed by atoms with Crippen LogP contribution >= 0.6 is 23.2 Å². The maximum absolute atomic E-state index is 11.1. The number of rotatable bonds is 3. The van der Waals surface area contributed by atoms with Crippen molar-refractivity contribution >= 4 is 40.8 Å². The van der Waals surface area contributed by atoms with Crippen molar-refractivity contribution in [1.82, 2.24) is 0 Å². The molecule has 4 nitrogen and oxygen atoms in total. The molecule has 6 heteroatoms. The lowest BCUT2D eigenvalue weighted by Crippen LogP contribution is -2.12. The highest BCUT2D eigenvalue weighted by atomic mass is 35.5. The van der Waals surface area contributed by atoms with E-state index >= 15 is 0 Å². The van der Waals surface area contributed by atoms with Crippen LogP contribution in [0.3, 0.4) is 0 Å². The van der Waals surface area contributed by atoms with E-state index in [1.54, 1.807) is 0 Å². The minimum absolute atomic E-state index is 0.00321. The first-order valence-electron chi connectivity index (χ1n) is 4.11. The van der Waals surface area contributed by atoms with E-state index in [1.807, 2.05) is 0 Å². The molecule has 0 spiro atoms. The summed E-state index contributed by atoms with van der Waals surface area (Å²) >= 11 is 11.4. The van der Waals surface area contributed by atoms with Gasteiger partial charge in [-0.2, -0.15) is 0 Å². The van der Waals surface area contributed by atoms with E-state index in [2.05, 4.69) is 11.9 Å². The first-order chi connectivity index (χ1) is 7.45. The molecule has 1 amide bonds. The van der Waals surface area contributed by atoms with Crippen LogP contribution in [0.1, 0.15) is 10.4 Å². The highest BCUT2D eigenvalue weighted by Crippen LogP contribution is 2.30. The number of benzene rings is 1. The largest absolute Gasteiger partial charge is 0.478 e. The average Bonchev–Trinajstić information content (AvgIpc) is 2.20. The van der Waals surface area contributed by atoms with E-state index < -0.39 is 11.9 Å². The van der Waals surface area contributed by atoms with Crippen molar-refractivity contribution in [2.75, 3.05) is 5.32 Å². The molecule has 0 fully saturated rings. The molecule has 0 radical (unpaired) electrons. The zero-order chi connectivity index (χ0) is 12.3. The van der Waals surface area contributed by atoms with E-state index in [9.17, 15) is 9.59 Å². The van der Waals surface area contributed by atoms with E-state index in [-0.39, 0.29) is 21.3 Å². The van der Waals surface area contributed by atoms with Gasteiger partial charge in [0, 0.05) is 5.02 Å². The number of carbonyl (C=O) groups is 2. The monoisotopic (exact) mass is 259 g/mol. The van der Waals surface area contributed by atoms with Gasteiger partial charge in [-0.1, -0.05) is 29.8 Å². The topological polar surface area (TPSA) is 66.4 Å². The Labute approximate surface area is 101 Å². The quantitative estimate of drug-likeness (QED) is 0.821. The third kappa shape index (κ3) is 2.74. The predicted molar refractivity (Wildman–Crippen MR) is 62.2 cm³/mol. The maximum atomic E-state index is 11.1. The number of amides is 1. The molecule has 1 aromatic rings. The Hall–Kier alpha value is -1.52. The van der Waals surface area contributed by atoms with Gasteiger partial charge in [-0.25, -0.2) is 4.79 Å². The first-order valence-corrected chi connectivity index (χ1v) is 4.87. The van der Waals surface area contributed by atoms with Crippen molar-refractivity contribution in [3.8, 4) is 0 Å². The lowest BCUT2D eigenvalue weighted by molar-refractivity contribution is -0.111. The second-order valence-electron chi connectivity index (χ2n) is 2.81. The van der Waals surface area contributed by atoms with Crippen LogP contribution in [-0.4, -0.2) is 17.0 Å². The number of carboxylic acid groups (broad SMARTS) is 1. The summed E-state index contributed by atoms with van der Waals surface area (Å²) in [5, 5.41) is 11.4. The Morgan fingerprint density at radius 3 is 2.50 bits per heavy atom. The van der Waals surface area contributed by atoms with Crippen LogP contribution in [0.2, 0.25) is 10.0 Å². The standard InChI is InChI=1S/C10H7Cl2NO3/c1-2-8(14)13-9-6(10(15)16)3-5(11)4-7(9)12/h2-4H,1H2,(H,13,14)(H,15,16). The molecule has 0 aliphatic rings. The molecule has 0 atom stereocenters. The van der Waals surface area contributed by atoms with Crippen LogP contribution in [-0.2, 0) is 4.79 Å². The fraction of sp³-hybridized carbons (Fsp3) is 0. The molecule has 16 heavy (non-hydrogen) atoms. The molecule has 0 aliphatic heterocycles. The summed E-state index contributed by atoms with van der Waals surface area (Å²) in [6.07, 6.45) is 1.01. The molecule has 1 rings (SSSR count). The Kier molecular flexibility index (Phi) is 3.93. The van der Waals surface area contributed by atoms with Crippen molar-refractivity contribution < 1.29 is 14.7 Å². The van der Waals surface area contributed by atoms with Gasteiger partial charge in [-0.15, -0.1) is 0 Å². The molecule has 0 saturated heterocycles. The van der Waals surface area contributed by atoms with Crippen LogP contribution in [0.25, 0.3) is 0 Å². The smallest absolute Gasteiger partial charge is 0.337 e. The molecule has 0 unspecified atom stereocenters. The molecule has 2 N–H and O–H groups in total. The van der Waals surface area contributed by atoms with Gasteiger partial charge in [-0.3, -0.25) is 4.79 Å². The van der Waals surface area contributed by atoms with Gasteiger partial charge in [0.2, 0.25) is 5.91 Å². The number of anilines is 1. The van der Waals surface area contributed by atoms with Crippen molar-refractivity contribution in [1.29, 1.82) is 0 Å². The molecule has 0 bridgehead atoms. The van der Waals surface area contributed by atoms with Gasteiger partial charge in [0.15, 0.2) is 0 Å². The van der Waals surface area contributed by atoms with Crippen LogP contribution in [0, 0.1) is 0 Å². The Morgan fingerprint density at radius 1 is 1.38 bits per heavy atom. The van der Waals surface area contributed by atoms with Crippen molar-refractivity contribution in [2.45, 2.75) is 0 Å². The second kappa shape index (κ2) is 5.01. The Balaban J connectivity index is 3.29. The van der Waals surface area contributed by atoms with Crippen LogP contribution in [0.5, 0.6) is 0 Å². The molecule has 84 valence electrons. The molecule has 0 saturated carbocycles. The van der Waals surface area contributed by atoms with Gasteiger partial charge in [-0.05, 0) is 18.2 Å². The van der Waals surface area contributed by atoms with Crippen LogP contribution in [0.15, 0.2) is 24.8 Å². The zero-order valence-corrected chi connectivity index (χ0v) is 9.47. The van der Waals surface area contributed by atoms with E-state index in [0.29, 0.717) is 0 Å². The minimum Gasteiger partial charge on any atom is -0.478 e. The molecule has 0 heterocycles. The summed E-state index contributed by atoms with van der Waals surface area (Å²) < 4.78 is 0. The molecular weight excluding hydrogens is 253 g/mol. The highest BCUT2D eigenvalue weighted by Gasteiger charge is 2.16. The summed E-state index contributed by atoms with van der Waals surface area (Å²) in [6, 6.07) is 2.54. The molecule has 1 aromatic carbocycles. The van der Waals surface area contributed by atoms with Gasteiger partial charge in [0.05, 0.1) is 16.3 Å². The van der Waals surface area contributed by atoms with Gasteiger partial charge in [0.1, 0.15) is 0 Å². The summed E-state index contributed by atoms with van der Waals surface area (Å²) in [4.78, 5) is 22.0. The fourth-order valence-corrected chi connectivity index (χ4v) is 1.58. The zero-order valence-electron chi connectivity index (χ0n) is 7.96. The van der Waals surface area contributed by atoms with Gasteiger partial charge >= 0.3 is 5.97 Å². The lowest BCUT2D eigenvalue weighted by Gasteiger charge is -2.09. The normalized spacial score (nSPS) is 9.62.